The van der Waals surface area contributed by atoms with Gasteiger partial charge in [0.25, 0.3) is 5.69 Å². The van der Waals surface area contributed by atoms with Gasteiger partial charge in [0.1, 0.15) is 23.2 Å². The molecule has 0 atom stereocenters. The lowest BCUT2D eigenvalue weighted by molar-refractivity contribution is -0.384. The number of hydrogen-bond acceptors (Lipinski definition) is 6. The van der Waals surface area contributed by atoms with Crippen molar-refractivity contribution < 1.29 is 9.66 Å². The fraction of sp³-hybridized carbons (Fsp3) is 0.100. The second-order valence-electron chi connectivity index (χ2n) is 5.98. The smallest absolute Gasteiger partial charge is 0.270 e. The molecule has 0 aliphatic heterocycles. The zero-order valence-electron chi connectivity index (χ0n) is 15.1. The second-order valence-corrected chi connectivity index (χ2v) is 6.39. The van der Waals surface area contributed by atoms with Gasteiger partial charge in [-0.05, 0) is 42.8 Å². The summed E-state index contributed by atoms with van der Waals surface area (Å²) in [5.41, 5.74) is 8.76. The molecule has 0 spiro atoms. The van der Waals surface area contributed by atoms with Crippen molar-refractivity contribution in [3.8, 4) is 34.2 Å². The van der Waals surface area contributed by atoms with E-state index in [1.165, 1.54) is 18.2 Å². The van der Waals surface area contributed by atoms with E-state index in [0.29, 0.717) is 28.1 Å². The van der Waals surface area contributed by atoms with E-state index < -0.39 is 4.92 Å². The third-order valence-corrected chi connectivity index (χ3v) is 4.70. The molecule has 3 aromatic rings. The van der Waals surface area contributed by atoms with Crippen molar-refractivity contribution in [3.63, 3.8) is 0 Å². The van der Waals surface area contributed by atoms with E-state index in [9.17, 15) is 15.4 Å². The third kappa shape index (κ3) is 3.33. The lowest BCUT2D eigenvalue weighted by atomic mass is 9.92. The van der Waals surface area contributed by atoms with E-state index in [-0.39, 0.29) is 22.1 Å². The maximum Gasteiger partial charge on any atom is 0.270 e. The first-order chi connectivity index (χ1) is 13.4. The van der Waals surface area contributed by atoms with Gasteiger partial charge < -0.3 is 10.5 Å². The number of methoxy groups -OCH3 is 1. The molecule has 0 unspecified atom stereocenters. The van der Waals surface area contributed by atoms with Gasteiger partial charge >= 0.3 is 0 Å². The van der Waals surface area contributed by atoms with Gasteiger partial charge in [-0.3, -0.25) is 10.1 Å². The third-order valence-electron chi connectivity index (χ3n) is 4.37. The first-order valence-corrected chi connectivity index (χ1v) is 8.54. The average molecular weight is 395 g/mol. The van der Waals surface area contributed by atoms with Crippen LogP contribution in [-0.2, 0) is 0 Å². The molecule has 140 valence electrons. The lowest BCUT2D eigenvalue weighted by Crippen LogP contribution is -2.04. The summed E-state index contributed by atoms with van der Waals surface area (Å²) in [6, 6.07) is 13.3. The summed E-state index contributed by atoms with van der Waals surface area (Å²) in [7, 11) is 1.57. The molecule has 28 heavy (non-hydrogen) atoms. The molecule has 0 radical (unpaired) electrons. The van der Waals surface area contributed by atoms with Gasteiger partial charge in [0, 0.05) is 33.8 Å². The Morgan fingerprint density at radius 2 is 1.93 bits per heavy atom. The van der Waals surface area contributed by atoms with Crippen LogP contribution in [0.3, 0.4) is 0 Å². The number of nitro benzene ring substituents is 1. The molecule has 0 amide bonds. The largest absolute Gasteiger partial charge is 0.497 e. The normalized spacial score (nSPS) is 10.4. The molecule has 3 rings (SSSR count). The molecular weight excluding hydrogens is 380 g/mol. The van der Waals surface area contributed by atoms with Crippen LogP contribution in [0.25, 0.3) is 22.4 Å². The van der Waals surface area contributed by atoms with Crippen molar-refractivity contribution in [2.24, 2.45) is 0 Å². The molecular formula is C20H15ClN4O3. The van der Waals surface area contributed by atoms with Crippen LogP contribution in [0.2, 0.25) is 5.02 Å². The molecule has 0 aliphatic rings. The Morgan fingerprint density at radius 1 is 1.25 bits per heavy atom. The fourth-order valence-corrected chi connectivity index (χ4v) is 3.20. The van der Waals surface area contributed by atoms with Crippen LogP contribution in [-0.4, -0.2) is 17.0 Å². The van der Waals surface area contributed by atoms with Crippen molar-refractivity contribution in [3.05, 3.63) is 68.7 Å². The molecule has 7 nitrogen and oxygen atoms in total. The molecule has 0 saturated heterocycles. The SMILES string of the molecule is COc1ccc(-c2nc(N)c(C#N)c(-c3cc([N+](=O)[O-])ccc3Cl)c2C)cc1. The Hall–Kier alpha value is -3.63. The molecule has 0 aliphatic carbocycles. The molecule has 8 heteroatoms. The Kier molecular flexibility index (Phi) is 5.16. The molecule has 1 aromatic heterocycles. The van der Waals surface area contributed by atoms with E-state index in [2.05, 4.69) is 4.98 Å². The minimum atomic E-state index is -0.518. The standard InChI is InChI=1S/C20H15ClN4O3/c1-11-18(15-9-13(25(26)27)5-8-17(15)21)16(10-22)20(23)24-19(11)12-3-6-14(28-2)7-4-12/h3-9H,1-2H3,(H2,23,24). The zero-order valence-corrected chi connectivity index (χ0v) is 15.8. The summed E-state index contributed by atoms with van der Waals surface area (Å²) in [5.74, 6) is 0.710. The number of nitrogen functional groups attached to an aromatic ring is 1. The Morgan fingerprint density at radius 3 is 2.50 bits per heavy atom. The van der Waals surface area contributed by atoms with E-state index >= 15 is 0 Å². The van der Waals surface area contributed by atoms with E-state index in [1.807, 2.05) is 18.2 Å². The van der Waals surface area contributed by atoms with Crippen molar-refractivity contribution in [1.29, 1.82) is 5.26 Å². The van der Waals surface area contributed by atoms with Crippen LogP contribution >= 0.6 is 11.6 Å². The Bertz CT molecular complexity index is 1120. The number of benzene rings is 2. The highest BCUT2D eigenvalue weighted by Gasteiger charge is 2.22. The van der Waals surface area contributed by atoms with Crippen LogP contribution in [0.4, 0.5) is 11.5 Å². The van der Waals surface area contributed by atoms with Crippen LogP contribution in [0.1, 0.15) is 11.1 Å². The van der Waals surface area contributed by atoms with Gasteiger partial charge in [-0.1, -0.05) is 11.6 Å². The molecule has 0 bridgehead atoms. The zero-order chi connectivity index (χ0) is 20.4. The number of ether oxygens (including phenoxy) is 1. The number of nitrogens with two attached hydrogens (primary N) is 1. The fourth-order valence-electron chi connectivity index (χ4n) is 2.99. The van der Waals surface area contributed by atoms with Gasteiger partial charge in [-0.25, -0.2) is 4.98 Å². The van der Waals surface area contributed by atoms with Crippen LogP contribution in [0, 0.1) is 28.4 Å². The number of nitro groups is 1. The molecule has 0 fully saturated rings. The number of nitrogens with zero attached hydrogens (tertiary/aromatic N) is 3. The minimum absolute atomic E-state index is 0.0245. The first-order valence-electron chi connectivity index (χ1n) is 8.16. The lowest BCUT2D eigenvalue weighted by Gasteiger charge is -2.16. The second kappa shape index (κ2) is 7.55. The summed E-state index contributed by atoms with van der Waals surface area (Å²) in [4.78, 5) is 15.1. The van der Waals surface area contributed by atoms with Crippen molar-refractivity contribution in [2.75, 3.05) is 12.8 Å². The highest BCUT2D eigenvalue weighted by molar-refractivity contribution is 6.33. The first kappa shape index (κ1) is 19.1. The van der Waals surface area contributed by atoms with Gasteiger partial charge in [0.2, 0.25) is 0 Å². The van der Waals surface area contributed by atoms with Gasteiger partial charge in [-0.15, -0.1) is 0 Å². The molecule has 1 heterocycles. The van der Waals surface area contributed by atoms with Crippen LogP contribution in [0.5, 0.6) is 5.75 Å². The topological polar surface area (TPSA) is 115 Å². The maximum atomic E-state index is 11.2. The highest BCUT2D eigenvalue weighted by atomic mass is 35.5. The summed E-state index contributed by atoms with van der Waals surface area (Å²) in [6.45, 7) is 1.78. The number of rotatable bonds is 4. The molecule has 2 N–H and O–H groups in total. The monoisotopic (exact) mass is 394 g/mol. The molecule has 0 saturated carbocycles. The number of aromatic nitrogens is 1. The highest BCUT2D eigenvalue weighted by Crippen LogP contribution is 2.40. The van der Waals surface area contributed by atoms with Crippen LogP contribution in [0.15, 0.2) is 42.5 Å². The summed E-state index contributed by atoms with van der Waals surface area (Å²) < 4.78 is 5.17. The van der Waals surface area contributed by atoms with Gasteiger partial charge in [0.15, 0.2) is 0 Å². The predicted molar refractivity (Wildman–Crippen MR) is 107 cm³/mol. The van der Waals surface area contributed by atoms with E-state index in [4.69, 9.17) is 22.1 Å². The Labute approximate surface area is 166 Å². The Balaban J connectivity index is 2.32. The summed E-state index contributed by atoms with van der Waals surface area (Å²) in [5, 5.41) is 21.1. The number of halogens is 1. The number of anilines is 1. The van der Waals surface area contributed by atoms with E-state index in [0.717, 1.165) is 5.56 Å². The van der Waals surface area contributed by atoms with Crippen molar-refractivity contribution in [2.45, 2.75) is 6.92 Å². The average Bonchev–Trinajstić information content (AvgIpc) is 2.69. The number of non-ortho nitro benzene ring substituents is 1. The minimum Gasteiger partial charge on any atom is -0.497 e. The molecule has 2 aromatic carbocycles. The number of pyridine rings is 1. The van der Waals surface area contributed by atoms with Crippen molar-refractivity contribution >= 4 is 23.1 Å². The number of nitriles is 1. The van der Waals surface area contributed by atoms with Gasteiger partial charge in [0.05, 0.1) is 17.7 Å². The van der Waals surface area contributed by atoms with Gasteiger partial charge in [-0.2, -0.15) is 5.26 Å². The van der Waals surface area contributed by atoms with Crippen molar-refractivity contribution in [1.82, 2.24) is 4.98 Å². The van der Waals surface area contributed by atoms with E-state index in [1.54, 1.807) is 26.2 Å². The predicted octanol–water partition coefficient (Wildman–Crippen LogP) is 4.75. The summed E-state index contributed by atoms with van der Waals surface area (Å²) >= 11 is 6.32. The number of hydrogen-bond donors (Lipinski definition) is 1. The maximum absolute atomic E-state index is 11.2. The summed E-state index contributed by atoms with van der Waals surface area (Å²) in [6.07, 6.45) is 0. The quantitative estimate of drug-likeness (QED) is 0.504. The van der Waals surface area contributed by atoms with Crippen LogP contribution < -0.4 is 10.5 Å².